The highest BCUT2D eigenvalue weighted by Gasteiger charge is 2.35. The van der Waals surface area contributed by atoms with E-state index >= 15 is 0 Å². The maximum atomic E-state index is 5.48. The Labute approximate surface area is 83.9 Å². The second-order valence-corrected chi connectivity index (χ2v) is 3.88. The lowest BCUT2D eigenvalue weighted by Crippen LogP contribution is -2.69. The summed E-state index contributed by atoms with van der Waals surface area (Å²) in [6.07, 6.45) is 2.06. The molecule has 2 rings (SSSR count). The molecular weight excluding hydrogens is 180 g/mol. The molecule has 0 atom stereocenters. The monoisotopic (exact) mass is 198 g/mol. The van der Waals surface area contributed by atoms with E-state index in [9.17, 15) is 0 Å². The van der Waals surface area contributed by atoms with E-state index in [1.54, 1.807) is 0 Å². The maximum Gasteiger partial charge on any atom is 0.225 e. The van der Waals surface area contributed by atoms with Gasteiger partial charge in [-0.1, -0.05) is 6.92 Å². The standard InChI is InChI=1S/C8H18N6/c1-2-14-5-3-8(4-6-14)12-10-7(9)11-13-8/h12-13H,2-6H2,1H3,(H3,9,10,11). The van der Waals surface area contributed by atoms with Gasteiger partial charge in [-0.3, -0.25) is 10.9 Å². The largest absolute Gasteiger partial charge is 0.367 e. The summed E-state index contributed by atoms with van der Waals surface area (Å²) in [5.74, 6) is 0.397. The zero-order valence-electron chi connectivity index (χ0n) is 8.51. The van der Waals surface area contributed by atoms with E-state index in [1.165, 1.54) is 0 Å². The van der Waals surface area contributed by atoms with E-state index < -0.39 is 0 Å². The molecule has 0 radical (unpaired) electrons. The van der Waals surface area contributed by atoms with Crippen LogP contribution in [0.2, 0.25) is 0 Å². The number of nitrogens with zero attached hydrogens (tertiary/aromatic N) is 2. The van der Waals surface area contributed by atoms with Gasteiger partial charge in [-0.15, -0.1) is 5.10 Å². The summed E-state index contributed by atoms with van der Waals surface area (Å²) in [5.41, 5.74) is 14.5. The van der Waals surface area contributed by atoms with Gasteiger partial charge < -0.3 is 10.6 Å². The summed E-state index contributed by atoms with van der Waals surface area (Å²) in [7, 11) is 0. The van der Waals surface area contributed by atoms with Gasteiger partial charge >= 0.3 is 0 Å². The molecule has 6 heteroatoms. The summed E-state index contributed by atoms with van der Waals surface area (Å²) in [6.45, 7) is 5.49. The highest BCUT2D eigenvalue weighted by Crippen LogP contribution is 2.19. The van der Waals surface area contributed by atoms with E-state index in [0.717, 1.165) is 32.5 Å². The van der Waals surface area contributed by atoms with Crippen LogP contribution in [0.15, 0.2) is 5.10 Å². The summed E-state index contributed by atoms with van der Waals surface area (Å²) in [6, 6.07) is 0. The number of hydrazone groups is 1. The fraction of sp³-hybridized carbons (Fsp3) is 0.875. The molecule has 0 aliphatic carbocycles. The molecule has 6 nitrogen and oxygen atoms in total. The third-order valence-corrected chi connectivity index (χ3v) is 2.98. The van der Waals surface area contributed by atoms with E-state index in [2.05, 4.69) is 33.2 Å². The Kier molecular flexibility index (Phi) is 2.47. The van der Waals surface area contributed by atoms with Gasteiger partial charge in [0.15, 0.2) is 0 Å². The minimum absolute atomic E-state index is 0.103. The average molecular weight is 198 g/mol. The van der Waals surface area contributed by atoms with Crippen LogP contribution in [0.3, 0.4) is 0 Å². The minimum atomic E-state index is -0.103. The van der Waals surface area contributed by atoms with Crippen molar-refractivity contribution in [2.75, 3.05) is 19.6 Å². The van der Waals surface area contributed by atoms with E-state index in [0.29, 0.717) is 5.96 Å². The van der Waals surface area contributed by atoms with Gasteiger partial charge in [-0.25, -0.2) is 5.43 Å². The highest BCUT2D eigenvalue weighted by atomic mass is 15.6. The van der Waals surface area contributed by atoms with Gasteiger partial charge in [0.1, 0.15) is 5.66 Å². The molecule has 2 heterocycles. The van der Waals surface area contributed by atoms with Crippen LogP contribution in [0.5, 0.6) is 0 Å². The lowest BCUT2D eigenvalue weighted by atomic mass is 9.98. The third kappa shape index (κ3) is 1.76. The van der Waals surface area contributed by atoms with E-state index in [1.807, 2.05) is 0 Å². The van der Waals surface area contributed by atoms with Gasteiger partial charge in [-0.2, -0.15) is 0 Å². The van der Waals surface area contributed by atoms with Crippen molar-refractivity contribution >= 4 is 5.96 Å². The Morgan fingerprint density at radius 1 is 1.50 bits per heavy atom. The van der Waals surface area contributed by atoms with Gasteiger partial charge in [0.05, 0.1) is 0 Å². The molecule has 2 aliphatic rings. The summed E-state index contributed by atoms with van der Waals surface area (Å²) < 4.78 is 0. The molecule has 0 aromatic rings. The lowest BCUT2D eigenvalue weighted by molar-refractivity contribution is 0.0996. The fourth-order valence-electron chi connectivity index (χ4n) is 1.89. The minimum Gasteiger partial charge on any atom is -0.367 e. The zero-order chi connectivity index (χ0) is 10.0. The van der Waals surface area contributed by atoms with Gasteiger partial charge in [-0.05, 0) is 19.4 Å². The fourth-order valence-corrected chi connectivity index (χ4v) is 1.89. The number of rotatable bonds is 1. The smallest absolute Gasteiger partial charge is 0.225 e. The molecule has 2 aliphatic heterocycles. The average Bonchev–Trinajstić information content (AvgIpc) is 2.24. The molecule has 1 spiro atoms. The summed E-state index contributed by atoms with van der Waals surface area (Å²) in [4.78, 5) is 2.43. The van der Waals surface area contributed by atoms with E-state index in [4.69, 9.17) is 5.73 Å². The zero-order valence-corrected chi connectivity index (χ0v) is 8.51. The van der Waals surface area contributed by atoms with Crippen LogP contribution in [0.25, 0.3) is 0 Å². The van der Waals surface area contributed by atoms with Crippen molar-refractivity contribution in [2.45, 2.75) is 25.4 Å². The second-order valence-electron chi connectivity index (χ2n) is 3.88. The van der Waals surface area contributed by atoms with Crippen molar-refractivity contribution in [2.24, 2.45) is 10.8 Å². The number of likely N-dealkylation sites (tertiary alicyclic amines) is 1. The molecule has 0 amide bonds. The van der Waals surface area contributed by atoms with Crippen molar-refractivity contribution in [3.8, 4) is 0 Å². The molecule has 0 saturated carbocycles. The van der Waals surface area contributed by atoms with Crippen LogP contribution >= 0.6 is 0 Å². The van der Waals surface area contributed by atoms with Crippen molar-refractivity contribution in [1.29, 1.82) is 0 Å². The molecule has 0 bridgehead atoms. The first-order chi connectivity index (χ1) is 6.74. The summed E-state index contributed by atoms with van der Waals surface area (Å²) in [5, 5.41) is 4.01. The molecule has 80 valence electrons. The van der Waals surface area contributed by atoms with Crippen LogP contribution in [-0.2, 0) is 0 Å². The molecule has 5 N–H and O–H groups in total. The van der Waals surface area contributed by atoms with Crippen LogP contribution in [-0.4, -0.2) is 36.2 Å². The van der Waals surface area contributed by atoms with Crippen molar-refractivity contribution in [3.63, 3.8) is 0 Å². The molecule has 1 saturated heterocycles. The molecule has 1 fully saturated rings. The van der Waals surface area contributed by atoms with Crippen molar-refractivity contribution < 1.29 is 0 Å². The number of piperidine rings is 1. The Morgan fingerprint density at radius 2 is 2.21 bits per heavy atom. The van der Waals surface area contributed by atoms with Gasteiger partial charge in [0.25, 0.3) is 0 Å². The third-order valence-electron chi connectivity index (χ3n) is 2.98. The quantitative estimate of drug-likeness (QED) is 0.422. The summed E-state index contributed by atoms with van der Waals surface area (Å²) >= 11 is 0. The number of nitrogens with two attached hydrogens (primary N) is 1. The Morgan fingerprint density at radius 3 is 2.71 bits per heavy atom. The number of hydrogen-bond donors (Lipinski definition) is 4. The van der Waals surface area contributed by atoms with Crippen LogP contribution < -0.4 is 22.0 Å². The Balaban J connectivity index is 1.93. The van der Waals surface area contributed by atoms with Gasteiger partial charge in [0, 0.05) is 13.1 Å². The topological polar surface area (TPSA) is 77.7 Å². The van der Waals surface area contributed by atoms with Crippen molar-refractivity contribution in [1.82, 2.24) is 21.2 Å². The maximum absolute atomic E-state index is 5.48. The van der Waals surface area contributed by atoms with E-state index in [-0.39, 0.29) is 5.66 Å². The first-order valence-electron chi connectivity index (χ1n) is 5.10. The molecule has 0 aromatic carbocycles. The predicted octanol–water partition coefficient (Wildman–Crippen LogP) is -1.27. The first-order valence-corrected chi connectivity index (χ1v) is 5.10. The van der Waals surface area contributed by atoms with Crippen LogP contribution in [0.1, 0.15) is 19.8 Å². The number of guanidine groups is 1. The molecular formula is C8H18N6. The van der Waals surface area contributed by atoms with Crippen molar-refractivity contribution in [3.05, 3.63) is 0 Å². The normalized spacial score (nSPS) is 26.5. The number of nitrogens with one attached hydrogen (secondary N) is 3. The number of hydrazine groups is 1. The predicted molar refractivity (Wildman–Crippen MR) is 55.1 cm³/mol. The van der Waals surface area contributed by atoms with Crippen LogP contribution in [0.4, 0.5) is 0 Å². The second kappa shape index (κ2) is 3.62. The lowest BCUT2D eigenvalue weighted by Gasteiger charge is -2.43. The number of hydrogen-bond acceptors (Lipinski definition) is 6. The van der Waals surface area contributed by atoms with Gasteiger partial charge in [0.2, 0.25) is 5.96 Å². The SMILES string of the molecule is CCN1CCC2(CC1)NN=C(N)NN2. The first kappa shape index (κ1) is 9.54. The molecule has 0 unspecified atom stereocenters. The Hall–Kier alpha value is -1.01. The highest BCUT2D eigenvalue weighted by molar-refractivity contribution is 5.77. The Bertz CT molecular complexity index is 230. The molecule has 0 aromatic heterocycles. The van der Waals surface area contributed by atoms with Crippen LogP contribution in [0, 0.1) is 0 Å². The molecule has 14 heavy (non-hydrogen) atoms.